The van der Waals surface area contributed by atoms with E-state index in [1.165, 1.54) is 16.7 Å². The fourth-order valence-electron chi connectivity index (χ4n) is 2.34. The quantitative estimate of drug-likeness (QED) is 0.694. The lowest BCUT2D eigenvalue weighted by atomic mass is 10.00. The van der Waals surface area contributed by atoms with Crippen LogP contribution in [0.2, 0.25) is 0 Å². The summed E-state index contributed by atoms with van der Waals surface area (Å²) in [6, 6.07) is 7.11. The van der Waals surface area contributed by atoms with Gasteiger partial charge in [-0.3, -0.25) is 0 Å². The molecular formula is C15H26N2O. The van der Waals surface area contributed by atoms with Crippen LogP contribution in [0.1, 0.15) is 42.5 Å². The molecule has 0 heterocycles. The van der Waals surface area contributed by atoms with E-state index in [0.717, 1.165) is 12.8 Å². The lowest BCUT2D eigenvalue weighted by Gasteiger charge is -2.23. The van der Waals surface area contributed by atoms with E-state index in [1.807, 2.05) is 0 Å². The number of aryl methyl sites for hydroxylation is 2. The van der Waals surface area contributed by atoms with E-state index in [9.17, 15) is 0 Å². The number of nitrogens with two attached hydrogens (primary N) is 1. The van der Waals surface area contributed by atoms with Crippen molar-refractivity contribution in [3.63, 3.8) is 0 Å². The minimum Gasteiger partial charge on any atom is -0.396 e. The fraction of sp³-hybridized carbons (Fsp3) is 0.600. The number of aliphatic hydroxyl groups is 1. The van der Waals surface area contributed by atoms with Gasteiger partial charge < -0.3 is 16.2 Å². The second-order valence-corrected chi connectivity index (χ2v) is 5.14. The first kappa shape index (κ1) is 15.2. The van der Waals surface area contributed by atoms with Crippen LogP contribution >= 0.6 is 0 Å². The van der Waals surface area contributed by atoms with Gasteiger partial charge in [-0.15, -0.1) is 0 Å². The molecule has 0 saturated heterocycles. The molecule has 0 aliphatic rings. The van der Waals surface area contributed by atoms with Crippen molar-refractivity contribution in [1.29, 1.82) is 0 Å². The van der Waals surface area contributed by atoms with Crippen molar-refractivity contribution in [2.75, 3.05) is 13.2 Å². The Hall–Kier alpha value is -0.900. The van der Waals surface area contributed by atoms with Gasteiger partial charge in [-0.1, -0.05) is 29.3 Å². The van der Waals surface area contributed by atoms with Crippen molar-refractivity contribution in [3.8, 4) is 0 Å². The Labute approximate surface area is 110 Å². The Morgan fingerprint density at radius 2 is 1.83 bits per heavy atom. The van der Waals surface area contributed by atoms with E-state index < -0.39 is 0 Å². The van der Waals surface area contributed by atoms with Gasteiger partial charge in [0.2, 0.25) is 0 Å². The molecule has 0 saturated carbocycles. The summed E-state index contributed by atoms with van der Waals surface area (Å²) in [5, 5.41) is 12.4. The topological polar surface area (TPSA) is 58.3 Å². The molecule has 0 bridgehead atoms. The molecule has 0 spiro atoms. The van der Waals surface area contributed by atoms with Crippen molar-refractivity contribution in [1.82, 2.24) is 5.32 Å². The maximum atomic E-state index is 8.84. The number of rotatable bonds is 7. The third-order valence-electron chi connectivity index (χ3n) is 3.16. The first-order valence-electron chi connectivity index (χ1n) is 6.72. The summed E-state index contributed by atoms with van der Waals surface area (Å²) >= 11 is 0. The molecule has 0 aromatic heterocycles. The zero-order chi connectivity index (χ0) is 13.5. The summed E-state index contributed by atoms with van der Waals surface area (Å²) in [6.45, 7) is 7.20. The summed E-state index contributed by atoms with van der Waals surface area (Å²) in [6.07, 6.45) is 1.80. The van der Waals surface area contributed by atoms with Crippen LogP contribution in [0.15, 0.2) is 18.2 Å². The van der Waals surface area contributed by atoms with Gasteiger partial charge in [0, 0.05) is 25.2 Å². The van der Waals surface area contributed by atoms with Gasteiger partial charge in [-0.2, -0.15) is 0 Å². The number of benzene rings is 1. The molecule has 2 atom stereocenters. The largest absolute Gasteiger partial charge is 0.396 e. The molecule has 0 fully saturated rings. The van der Waals surface area contributed by atoms with Crippen molar-refractivity contribution < 1.29 is 5.11 Å². The SMILES string of the molecule is Cc1cc(C)cc(C(CN)NC(C)CCCO)c1. The van der Waals surface area contributed by atoms with Crippen LogP contribution in [0.25, 0.3) is 0 Å². The Balaban J connectivity index is 2.70. The lowest BCUT2D eigenvalue weighted by Crippen LogP contribution is -2.35. The van der Waals surface area contributed by atoms with Crippen molar-refractivity contribution in [3.05, 3.63) is 34.9 Å². The summed E-state index contributed by atoms with van der Waals surface area (Å²) in [4.78, 5) is 0. The van der Waals surface area contributed by atoms with Crippen LogP contribution in [-0.2, 0) is 0 Å². The van der Waals surface area contributed by atoms with E-state index in [2.05, 4.69) is 44.3 Å². The van der Waals surface area contributed by atoms with E-state index in [0.29, 0.717) is 12.6 Å². The minimum atomic E-state index is 0.192. The highest BCUT2D eigenvalue weighted by Gasteiger charge is 2.13. The lowest BCUT2D eigenvalue weighted by molar-refractivity contribution is 0.274. The van der Waals surface area contributed by atoms with Gasteiger partial charge in [0.15, 0.2) is 0 Å². The first-order chi connectivity index (χ1) is 8.56. The summed E-state index contributed by atoms with van der Waals surface area (Å²) in [5.74, 6) is 0. The number of aliphatic hydroxyl groups excluding tert-OH is 1. The van der Waals surface area contributed by atoms with Crippen LogP contribution in [-0.4, -0.2) is 24.3 Å². The van der Waals surface area contributed by atoms with Gasteiger partial charge in [0.05, 0.1) is 0 Å². The highest BCUT2D eigenvalue weighted by molar-refractivity contribution is 5.30. The molecule has 18 heavy (non-hydrogen) atoms. The second-order valence-electron chi connectivity index (χ2n) is 5.14. The van der Waals surface area contributed by atoms with Gasteiger partial charge in [-0.25, -0.2) is 0 Å². The smallest absolute Gasteiger partial charge is 0.0446 e. The van der Waals surface area contributed by atoms with Gasteiger partial charge in [0.1, 0.15) is 0 Å². The van der Waals surface area contributed by atoms with Gasteiger partial charge in [0.25, 0.3) is 0 Å². The third kappa shape index (κ3) is 4.77. The molecule has 102 valence electrons. The van der Waals surface area contributed by atoms with Crippen molar-refractivity contribution in [2.24, 2.45) is 5.73 Å². The molecule has 0 radical (unpaired) electrons. The molecule has 3 nitrogen and oxygen atoms in total. The highest BCUT2D eigenvalue weighted by atomic mass is 16.2. The fourth-order valence-corrected chi connectivity index (χ4v) is 2.34. The van der Waals surface area contributed by atoms with Crippen LogP contribution in [0.4, 0.5) is 0 Å². The second kappa shape index (κ2) is 7.52. The van der Waals surface area contributed by atoms with Crippen LogP contribution in [0.3, 0.4) is 0 Å². The minimum absolute atomic E-state index is 0.192. The van der Waals surface area contributed by atoms with Crippen molar-refractivity contribution in [2.45, 2.75) is 45.7 Å². The van der Waals surface area contributed by atoms with E-state index in [4.69, 9.17) is 10.8 Å². The monoisotopic (exact) mass is 250 g/mol. The maximum Gasteiger partial charge on any atom is 0.0446 e. The summed E-state index contributed by atoms with van der Waals surface area (Å²) in [5.41, 5.74) is 9.67. The van der Waals surface area contributed by atoms with Gasteiger partial charge in [-0.05, 0) is 39.2 Å². The average Bonchev–Trinajstić information content (AvgIpc) is 2.32. The molecule has 0 aliphatic carbocycles. The van der Waals surface area contributed by atoms with E-state index >= 15 is 0 Å². The van der Waals surface area contributed by atoms with Crippen LogP contribution in [0, 0.1) is 13.8 Å². The molecule has 0 aliphatic heterocycles. The van der Waals surface area contributed by atoms with Crippen LogP contribution < -0.4 is 11.1 Å². The first-order valence-corrected chi connectivity index (χ1v) is 6.72. The molecule has 2 unspecified atom stereocenters. The molecule has 1 rings (SSSR count). The van der Waals surface area contributed by atoms with Crippen molar-refractivity contribution >= 4 is 0 Å². The highest BCUT2D eigenvalue weighted by Crippen LogP contribution is 2.17. The maximum absolute atomic E-state index is 8.84. The van der Waals surface area contributed by atoms with Gasteiger partial charge >= 0.3 is 0 Å². The molecule has 1 aromatic carbocycles. The van der Waals surface area contributed by atoms with E-state index in [-0.39, 0.29) is 12.6 Å². The van der Waals surface area contributed by atoms with Crippen LogP contribution in [0.5, 0.6) is 0 Å². The Morgan fingerprint density at radius 1 is 1.22 bits per heavy atom. The summed E-state index contributed by atoms with van der Waals surface area (Å²) < 4.78 is 0. The molecule has 1 aromatic rings. The molecule has 3 heteroatoms. The number of hydrogen-bond donors (Lipinski definition) is 3. The normalized spacial score (nSPS) is 14.5. The summed E-state index contributed by atoms with van der Waals surface area (Å²) in [7, 11) is 0. The Morgan fingerprint density at radius 3 is 2.33 bits per heavy atom. The molecular weight excluding hydrogens is 224 g/mol. The Kier molecular flexibility index (Phi) is 6.33. The molecule has 0 amide bonds. The standard InChI is InChI=1S/C15H26N2O/c1-11-7-12(2)9-14(8-11)15(10-16)17-13(3)5-4-6-18/h7-9,13,15,17-18H,4-6,10,16H2,1-3H3. The predicted molar refractivity (Wildman–Crippen MR) is 76.6 cm³/mol. The van der Waals surface area contributed by atoms with E-state index in [1.54, 1.807) is 0 Å². The number of hydrogen-bond acceptors (Lipinski definition) is 3. The third-order valence-corrected chi connectivity index (χ3v) is 3.16. The average molecular weight is 250 g/mol. The Bertz CT molecular complexity index is 345. The predicted octanol–water partition coefficient (Wildman–Crippen LogP) is 2.05. The molecule has 4 N–H and O–H groups in total. The number of nitrogens with one attached hydrogen (secondary N) is 1. The zero-order valence-electron chi connectivity index (χ0n) is 11.7. The zero-order valence-corrected chi connectivity index (χ0v) is 11.7.